The summed E-state index contributed by atoms with van der Waals surface area (Å²) in [6, 6.07) is 42.1. The van der Waals surface area contributed by atoms with Crippen LogP contribution in [0.5, 0.6) is 5.75 Å². The largest absolute Gasteiger partial charge is 0.494 e. The molecule has 10 rings (SSSR count). The number of alkyl carbamates (subject to hydrolysis) is 1. The minimum absolute atomic E-state index is 0.0366. The molecule has 20 heteroatoms. The number of halogens is 4. The summed E-state index contributed by atoms with van der Waals surface area (Å²) >= 11 is 25.3. The van der Waals surface area contributed by atoms with Gasteiger partial charge in [-0.1, -0.05) is 156 Å². The van der Waals surface area contributed by atoms with E-state index in [1.165, 1.54) is 28.4 Å². The third-order valence-electron chi connectivity index (χ3n) is 15.7. The normalized spacial score (nSPS) is 15.4. The van der Waals surface area contributed by atoms with Gasteiger partial charge in [-0.05, 0) is 118 Å². The van der Waals surface area contributed by atoms with Gasteiger partial charge in [-0.25, -0.2) is 14.8 Å². The van der Waals surface area contributed by atoms with E-state index < -0.39 is 30.1 Å². The van der Waals surface area contributed by atoms with Crippen molar-refractivity contribution in [2.45, 2.75) is 63.1 Å². The molecule has 3 aliphatic rings. The fraction of sp³-hybridized carbons (Fsp3) is 0.279. The zero-order valence-corrected chi connectivity index (χ0v) is 51.2. The number of nitrogens with zero attached hydrogens (tertiary/aromatic N) is 4. The highest BCUT2D eigenvalue weighted by molar-refractivity contribution is 6.42. The van der Waals surface area contributed by atoms with Gasteiger partial charge in [-0.15, -0.1) is 0 Å². The lowest BCUT2D eigenvalue weighted by Gasteiger charge is -2.33. The van der Waals surface area contributed by atoms with Crippen molar-refractivity contribution in [2.75, 3.05) is 64.3 Å². The quantitative estimate of drug-likeness (QED) is 0.0283. The first-order chi connectivity index (χ1) is 42.7. The molecule has 7 aromatic rings. The molecular formula is C68H66Cl4N8O8. The Bertz CT molecular complexity index is 3630. The van der Waals surface area contributed by atoms with Gasteiger partial charge in [-0.2, -0.15) is 0 Å². The predicted molar refractivity (Wildman–Crippen MR) is 344 cm³/mol. The Balaban J connectivity index is 0.703. The molecule has 1 fully saturated rings. The second-order valence-electron chi connectivity index (χ2n) is 22.0. The van der Waals surface area contributed by atoms with Gasteiger partial charge in [0.2, 0.25) is 11.8 Å². The number of fused-ring (bicyclic) bond motifs is 4. The SMILES string of the molecule is O=C(CNc1cc(C(=O)NC[C@H](O)CN2CCc3ccccc3C2)ncn1)NCCCCCCOc1ccc(CC(NC(=O)OCC2c3ccccc3-c3ccccc32)C(=O)N2C/C(=C\c3ccc(Cl)c(Cl)c3)C(=O)/C(=C/c3ccc(Cl)c(Cl)c3)C2)cc1. The third kappa shape index (κ3) is 16.7. The maximum absolute atomic E-state index is 15.0. The maximum Gasteiger partial charge on any atom is 0.407 e. The minimum atomic E-state index is -1.12. The van der Waals surface area contributed by atoms with Crippen molar-refractivity contribution in [1.29, 1.82) is 0 Å². The summed E-state index contributed by atoms with van der Waals surface area (Å²) < 4.78 is 12.1. The second-order valence-corrected chi connectivity index (χ2v) is 23.6. The van der Waals surface area contributed by atoms with E-state index >= 15 is 4.79 Å². The number of rotatable bonds is 24. The number of nitrogens with one attached hydrogen (secondary N) is 4. The summed E-state index contributed by atoms with van der Waals surface area (Å²) in [5, 5.41) is 23.5. The number of ether oxygens (including phenoxy) is 2. The fourth-order valence-corrected chi connectivity index (χ4v) is 11.8. The topological polar surface area (TPSA) is 204 Å². The lowest BCUT2D eigenvalue weighted by molar-refractivity contribution is -0.133. The van der Waals surface area contributed by atoms with Gasteiger partial charge < -0.3 is 40.7 Å². The predicted octanol–water partition coefficient (Wildman–Crippen LogP) is 11.4. The van der Waals surface area contributed by atoms with Crippen LogP contribution in [-0.2, 0) is 38.5 Å². The molecule has 0 bridgehead atoms. The molecule has 4 amide bonds. The van der Waals surface area contributed by atoms with Crippen molar-refractivity contribution in [3.8, 4) is 16.9 Å². The highest BCUT2D eigenvalue weighted by Gasteiger charge is 2.35. The minimum Gasteiger partial charge on any atom is -0.494 e. The number of Topliss-reactive ketones (excluding diaryl/α,β-unsaturated/α-hetero) is 1. The van der Waals surface area contributed by atoms with Crippen LogP contribution in [0.4, 0.5) is 10.6 Å². The molecule has 88 heavy (non-hydrogen) atoms. The van der Waals surface area contributed by atoms with Crippen LogP contribution in [0, 0.1) is 0 Å². The molecule has 0 spiro atoms. The molecule has 5 N–H and O–H groups in total. The molecule has 2 atom stereocenters. The first kappa shape index (κ1) is 62.9. The van der Waals surface area contributed by atoms with Crippen LogP contribution in [-0.4, -0.2) is 126 Å². The molecule has 0 saturated carbocycles. The van der Waals surface area contributed by atoms with Crippen molar-refractivity contribution in [1.82, 2.24) is 35.7 Å². The summed E-state index contributed by atoms with van der Waals surface area (Å²) in [7, 11) is 0. The average molecular weight is 1270 g/mol. The zero-order valence-electron chi connectivity index (χ0n) is 48.2. The second kappa shape index (κ2) is 30.2. The number of carbonyl (C=O) groups excluding carboxylic acids is 5. The molecule has 1 unspecified atom stereocenters. The highest BCUT2D eigenvalue weighted by atomic mass is 35.5. The number of aliphatic hydroxyl groups excluding tert-OH is 1. The summed E-state index contributed by atoms with van der Waals surface area (Å²) in [6.07, 6.45) is 7.34. The van der Waals surface area contributed by atoms with Crippen LogP contribution < -0.4 is 26.0 Å². The van der Waals surface area contributed by atoms with Gasteiger partial charge in [0.1, 0.15) is 36.2 Å². The standard InChI is InChI=1S/C68H66Cl4N8O8/c69-57-23-19-44(31-59(57)71)29-48-38-80(39-49(65(48)83)30-45-20-24-58(70)60(72)32-45)67(85)62(78-68(86)88-41-56-54-15-7-5-13-52(54)53-14-6-8-16-55(53)56)33-43-17-21-51(22-18-43)87-28-10-2-1-9-26-73-64(82)36-74-63-34-61(76-42-77-63)66(84)75-35-50(81)40-79-27-25-46-11-3-4-12-47(46)37-79/h3-8,11-24,29-32,34,42,50,56,62,81H,1-2,9-10,25-28,33,35-41H2,(H,73,82)(H,75,84)(H,78,86)(H,74,76,77)/b48-29+,49-30+/t50-,62?/m0/s1. The smallest absolute Gasteiger partial charge is 0.407 e. The van der Waals surface area contributed by atoms with Gasteiger partial charge in [0.25, 0.3) is 5.91 Å². The number of likely N-dealkylation sites (tertiary alicyclic amines) is 1. The van der Waals surface area contributed by atoms with Crippen LogP contribution in [0.2, 0.25) is 20.1 Å². The van der Waals surface area contributed by atoms with Gasteiger partial charge in [0.05, 0.1) is 39.3 Å². The van der Waals surface area contributed by atoms with Crippen molar-refractivity contribution < 1.29 is 38.6 Å². The molecule has 1 saturated heterocycles. The number of anilines is 1. The van der Waals surface area contributed by atoms with Crippen LogP contribution in [0.15, 0.2) is 157 Å². The lowest BCUT2D eigenvalue weighted by atomic mass is 9.93. The van der Waals surface area contributed by atoms with E-state index in [1.807, 2.05) is 72.8 Å². The van der Waals surface area contributed by atoms with E-state index in [0.717, 1.165) is 73.0 Å². The van der Waals surface area contributed by atoms with Crippen molar-refractivity contribution in [2.24, 2.45) is 0 Å². The molecule has 2 aliphatic heterocycles. The number of carbonyl (C=O) groups is 5. The molecule has 1 aromatic heterocycles. The summed E-state index contributed by atoms with van der Waals surface area (Å²) in [5.41, 5.74) is 9.52. The molecule has 16 nitrogen and oxygen atoms in total. The summed E-state index contributed by atoms with van der Waals surface area (Å²) in [5.74, 6) is -0.659. The average Bonchev–Trinajstić information content (AvgIpc) is 2.43. The number of hydrogen-bond acceptors (Lipinski definition) is 12. The Kier molecular flexibility index (Phi) is 21.6. The molecule has 1 aliphatic carbocycles. The zero-order chi connectivity index (χ0) is 61.5. The van der Waals surface area contributed by atoms with Gasteiger partial charge in [0, 0.05) is 75.4 Å². The number of amides is 4. The van der Waals surface area contributed by atoms with Crippen molar-refractivity contribution in [3.05, 3.63) is 222 Å². The first-order valence-electron chi connectivity index (χ1n) is 29.3. The number of aromatic nitrogens is 2. The van der Waals surface area contributed by atoms with E-state index in [4.69, 9.17) is 55.9 Å². The van der Waals surface area contributed by atoms with E-state index in [1.54, 1.807) is 48.6 Å². The van der Waals surface area contributed by atoms with Crippen molar-refractivity contribution in [3.63, 3.8) is 0 Å². The summed E-state index contributed by atoms with van der Waals surface area (Å²) in [6.45, 7) is 2.88. The summed E-state index contributed by atoms with van der Waals surface area (Å²) in [4.78, 5) is 80.8. The highest BCUT2D eigenvalue weighted by Crippen LogP contribution is 2.44. The third-order valence-corrected chi connectivity index (χ3v) is 17.1. The van der Waals surface area contributed by atoms with Crippen LogP contribution in [0.1, 0.15) is 81.0 Å². The van der Waals surface area contributed by atoms with E-state index in [9.17, 15) is 24.3 Å². The monoisotopic (exact) mass is 1260 g/mol. The van der Waals surface area contributed by atoms with E-state index in [0.29, 0.717) is 73.6 Å². The number of aliphatic hydroxyl groups is 1. The van der Waals surface area contributed by atoms with Crippen molar-refractivity contribution >= 4 is 94.0 Å². The van der Waals surface area contributed by atoms with Crippen LogP contribution in [0.25, 0.3) is 23.3 Å². The molecule has 454 valence electrons. The Hall–Kier alpha value is -8.09. The van der Waals surface area contributed by atoms with E-state index in [-0.39, 0.29) is 62.5 Å². The van der Waals surface area contributed by atoms with Gasteiger partial charge in [-0.3, -0.25) is 24.1 Å². The molecule has 0 radical (unpaired) electrons. The first-order valence-corrected chi connectivity index (χ1v) is 30.8. The number of β-amino-alcohol motifs (C(OH)–C–C–N with tert-alkyl or cyclic N) is 1. The maximum atomic E-state index is 15.0. The number of unbranched alkanes of at least 4 members (excludes halogenated alkanes) is 3. The van der Waals surface area contributed by atoms with Gasteiger partial charge >= 0.3 is 6.09 Å². The Morgan fingerprint density at radius 1 is 0.693 bits per heavy atom. The van der Waals surface area contributed by atoms with Crippen LogP contribution in [0.3, 0.4) is 0 Å². The Labute approximate surface area is 531 Å². The van der Waals surface area contributed by atoms with Gasteiger partial charge in [0.15, 0.2) is 5.78 Å². The Morgan fingerprint density at radius 2 is 1.33 bits per heavy atom. The molecular weight excluding hydrogens is 1200 g/mol. The lowest BCUT2D eigenvalue weighted by Crippen LogP contribution is -2.53. The number of ketones is 1. The van der Waals surface area contributed by atoms with E-state index in [2.05, 4.69) is 60.4 Å². The number of benzene rings is 6. The number of piperidine rings is 1. The molecule has 3 heterocycles. The number of hydrogen-bond donors (Lipinski definition) is 5. The fourth-order valence-electron chi connectivity index (χ4n) is 11.1. The Morgan fingerprint density at radius 3 is 2.00 bits per heavy atom. The van der Waals surface area contributed by atoms with Crippen LogP contribution >= 0.6 is 46.4 Å². The molecule has 6 aromatic carbocycles.